The first-order valence-corrected chi connectivity index (χ1v) is 16.7. The summed E-state index contributed by atoms with van der Waals surface area (Å²) in [4.78, 5) is -1.24. The molecule has 0 amide bonds. The second-order valence-corrected chi connectivity index (χ2v) is 13.3. The summed E-state index contributed by atoms with van der Waals surface area (Å²) in [5.74, 6) is -1.03. The summed E-state index contributed by atoms with van der Waals surface area (Å²) in [6, 6.07) is 24.5. The second-order valence-electron chi connectivity index (χ2n) is 10.5. The highest BCUT2D eigenvalue weighted by Gasteiger charge is 2.23. The van der Waals surface area contributed by atoms with Gasteiger partial charge in [-0.3, -0.25) is 9.11 Å². The zero-order chi connectivity index (χ0) is 34.4. The first kappa shape index (κ1) is 32.0. The minimum Gasteiger partial charge on any atom is -0.505 e. The van der Waals surface area contributed by atoms with Gasteiger partial charge in [0.2, 0.25) is 0 Å². The lowest BCUT2D eigenvalue weighted by molar-refractivity contribution is 0.472. The van der Waals surface area contributed by atoms with Gasteiger partial charge in [0, 0.05) is 22.1 Å². The van der Waals surface area contributed by atoms with Crippen molar-refractivity contribution in [2.24, 2.45) is 20.5 Å². The van der Waals surface area contributed by atoms with E-state index in [1.54, 1.807) is 48.5 Å². The van der Waals surface area contributed by atoms with Crippen LogP contribution in [-0.2, 0) is 20.2 Å². The highest BCUT2D eigenvalue weighted by atomic mass is 32.2. The predicted octanol–water partition coefficient (Wildman–Crippen LogP) is 7.56. The fraction of sp³-hybridized carbons (Fsp3) is 0. The molecular weight excluding hydrogens is 661 g/mol. The van der Waals surface area contributed by atoms with E-state index in [9.17, 15) is 36.2 Å². The lowest BCUT2D eigenvalue weighted by Gasteiger charge is -2.09. The van der Waals surface area contributed by atoms with E-state index < -0.39 is 52.9 Å². The minimum absolute atomic E-state index is 0.229. The van der Waals surface area contributed by atoms with E-state index in [4.69, 9.17) is 11.5 Å². The topological polar surface area (TPSA) is 251 Å². The molecule has 6 rings (SSSR count). The summed E-state index contributed by atoms with van der Waals surface area (Å²) in [7, 11) is -9.53. The number of aromatic hydroxyl groups is 2. The van der Waals surface area contributed by atoms with Gasteiger partial charge in [0.15, 0.2) is 11.5 Å². The molecule has 0 aliphatic rings. The number of anilines is 2. The van der Waals surface area contributed by atoms with Gasteiger partial charge in [-0.25, -0.2) is 0 Å². The van der Waals surface area contributed by atoms with Gasteiger partial charge in [-0.15, -0.1) is 10.2 Å². The number of nitrogens with two attached hydrogens (primary N) is 2. The van der Waals surface area contributed by atoms with Gasteiger partial charge in [0.25, 0.3) is 20.2 Å². The molecule has 0 radical (unpaired) electrons. The number of phenols is 2. The maximum Gasteiger partial charge on any atom is 0.296 e. The van der Waals surface area contributed by atoms with Crippen LogP contribution in [0.25, 0.3) is 32.7 Å². The lowest BCUT2D eigenvalue weighted by atomic mass is 10.1. The quantitative estimate of drug-likeness (QED) is 0.0546. The Morgan fingerprint density at radius 1 is 0.479 bits per heavy atom. The lowest BCUT2D eigenvalue weighted by Crippen LogP contribution is -1.99. The summed E-state index contributed by atoms with van der Waals surface area (Å²) >= 11 is 0. The number of phenolic OH excluding ortho intramolecular Hbond substituents is 2. The van der Waals surface area contributed by atoms with Gasteiger partial charge in [0.1, 0.15) is 21.2 Å². The SMILES string of the molecule is Nc1ccc2cc(S(=O)(=O)O)c(N=Nc3ccc(-c4ccc(N=Nc5c(S(=O)(=O)O)cc6ccc(N)cc6c5O)cc4)cc3)c(O)c2c1. The van der Waals surface area contributed by atoms with E-state index in [0.29, 0.717) is 33.5 Å². The van der Waals surface area contributed by atoms with E-state index in [-0.39, 0.29) is 10.8 Å². The molecule has 0 aromatic heterocycles. The number of benzene rings is 6. The van der Waals surface area contributed by atoms with Crippen LogP contribution < -0.4 is 11.5 Å². The van der Waals surface area contributed by atoms with Crippen molar-refractivity contribution in [2.75, 3.05) is 11.5 Å². The maximum atomic E-state index is 12.1. The Balaban J connectivity index is 1.26. The van der Waals surface area contributed by atoms with E-state index in [1.165, 1.54) is 48.5 Å². The standard InChI is InChI=1S/C32H24N6O8S2/c33-21-7-1-19-13-27(47(41,42)43)29(31(39)25(19)15-21)37-35-23-9-3-17(4-10-23)18-5-11-24(12-6-18)36-38-30-28(48(44,45)46)14-20-2-8-22(34)16-26(20)32(30)40/h1-16,39-40H,33-34H2,(H,41,42,43)(H,44,45,46). The first-order valence-electron chi connectivity index (χ1n) is 13.8. The van der Waals surface area contributed by atoms with Crippen molar-refractivity contribution in [2.45, 2.75) is 9.79 Å². The molecule has 0 spiro atoms. The van der Waals surface area contributed by atoms with Crippen molar-refractivity contribution < 1.29 is 36.2 Å². The van der Waals surface area contributed by atoms with E-state index in [1.807, 2.05) is 0 Å². The van der Waals surface area contributed by atoms with Gasteiger partial charge in [-0.05, 0) is 82.6 Å². The normalized spacial score (nSPS) is 12.5. The van der Waals surface area contributed by atoms with Crippen LogP contribution in [0.2, 0.25) is 0 Å². The maximum absolute atomic E-state index is 12.1. The van der Waals surface area contributed by atoms with Crippen molar-refractivity contribution in [1.82, 2.24) is 0 Å². The number of nitrogen functional groups attached to an aromatic ring is 2. The summed E-state index contributed by atoms with van der Waals surface area (Å²) in [5.41, 5.74) is 13.5. The molecule has 0 atom stereocenters. The van der Waals surface area contributed by atoms with E-state index in [2.05, 4.69) is 20.5 Å². The molecule has 0 aliphatic heterocycles. The van der Waals surface area contributed by atoms with Gasteiger partial charge in [-0.2, -0.15) is 27.1 Å². The number of hydrogen-bond acceptors (Lipinski definition) is 12. The minimum atomic E-state index is -4.76. The Morgan fingerprint density at radius 3 is 1.17 bits per heavy atom. The average molecular weight is 685 g/mol. The van der Waals surface area contributed by atoms with Gasteiger partial charge in [-0.1, -0.05) is 36.4 Å². The zero-order valence-electron chi connectivity index (χ0n) is 24.4. The van der Waals surface area contributed by atoms with Gasteiger partial charge >= 0.3 is 0 Å². The van der Waals surface area contributed by atoms with E-state index >= 15 is 0 Å². The zero-order valence-corrected chi connectivity index (χ0v) is 26.1. The third-order valence-electron chi connectivity index (χ3n) is 7.31. The molecule has 8 N–H and O–H groups in total. The molecule has 6 aromatic carbocycles. The largest absolute Gasteiger partial charge is 0.505 e. The molecular formula is C32H24N6O8S2. The monoisotopic (exact) mass is 684 g/mol. The van der Waals surface area contributed by atoms with Crippen LogP contribution >= 0.6 is 0 Å². The Kier molecular flexibility index (Phi) is 8.01. The Labute approximate surface area is 272 Å². The Morgan fingerprint density at radius 2 is 0.833 bits per heavy atom. The molecule has 242 valence electrons. The van der Waals surface area contributed by atoms with Crippen molar-refractivity contribution >= 4 is 75.9 Å². The molecule has 0 saturated heterocycles. The van der Waals surface area contributed by atoms with Crippen LogP contribution in [-0.4, -0.2) is 36.2 Å². The van der Waals surface area contributed by atoms with E-state index in [0.717, 1.165) is 11.1 Å². The van der Waals surface area contributed by atoms with Crippen LogP contribution in [0.5, 0.6) is 11.5 Å². The summed E-state index contributed by atoms with van der Waals surface area (Å²) < 4.78 is 67.7. The van der Waals surface area contributed by atoms with Crippen LogP contribution in [0.1, 0.15) is 0 Å². The number of fused-ring (bicyclic) bond motifs is 2. The van der Waals surface area contributed by atoms with Crippen LogP contribution in [0.15, 0.2) is 127 Å². The molecule has 6 aromatic rings. The smallest absolute Gasteiger partial charge is 0.296 e. The molecule has 16 heteroatoms. The van der Waals surface area contributed by atoms with Crippen molar-refractivity contribution in [3.63, 3.8) is 0 Å². The average Bonchev–Trinajstić information content (AvgIpc) is 3.04. The van der Waals surface area contributed by atoms with Crippen molar-refractivity contribution in [1.29, 1.82) is 0 Å². The fourth-order valence-corrected chi connectivity index (χ4v) is 6.28. The molecule has 14 nitrogen and oxygen atoms in total. The summed E-state index contributed by atoms with van der Waals surface area (Å²) in [6.45, 7) is 0. The highest BCUT2D eigenvalue weighted by molar-refractivity contribution is 7.86. The van der Waals surface area contributed by atoms with Gasteiger partial charge < -0.3 is 21.7 Å². The first-order chi connectivity index (χ1) is 22.7. The van der Waals surface area contributed by atoms with Gasteiger partial charge in [0.05, 0.1) is 11.4 Å². The second kappa shape index (κ2) is 12.0. The molecule has 0 bridgehead atoms. The summed E-state index contributed by atoms with van der Waals surface area (Å²) in [6.07, 6.45) is 0. The Bertz CT molecular complexity index is 2360. The third-order valence-corrected chi connectivity index (χ3v) is 9.04. The number of azo groups is 2. The summed E-state index contributed by atoms with van der Waals surface area (Å²) in [5, 5.41) is 38.6. The van der Waals surface area contributed by atoms with Crippen LogP contribution in [0, 0.1) is 0 Å². The third kappa shape index (κ3) is 6.36. The molecule has 0 heterocycles. The predicted molar refractivity (Wildman–Crippen MR) is 180 cm³/mol. The van der Waals surface area contributed by atoms with Crippen LogP contribution in [0.3, 0.4) is 0 Å². The molecule has 0 unspecified atom stereocenters. The molecule has 0 aliphatic carbocycles. The van der Waals surface area contributed by atoms with Crippen LogP contribution in [0.4, 0.5) is 34.1 Å². The Hall–Kier alpha value is -5.94. The molecule has 0 fully saturated rings. The number of rotatable bonds is 7. The highest BCUT2D eigenvalue weighted by Crippen LogP contribution is 2.43. The number of nitrogens with zero attached hydrogens (tertiary/aromatic N) is 4. The van der Waals surface area contributed by atoms with Crippen molar-refractivity contribution in [3.8, 4) is 22.6 Å². The number of hydrogen-bond donors (Lipinski definition) is 6. The molecule has 48 heavy (non-hydrogen) atoms. The van der Waals surface area contributed by atoms with Crippen molar-refractivity contribution in [3.05, 3.63) is 97.1 Å². The molecule has 0 saturated carbocycles. The fourth-order valence-electron chi connectivity index (χ4n) is 4.96.